The zero-order chi connectivity index (χ0) is 22.2. The van der Waals surface area contributed by atoms with E-state index in [1.807, 2.05) is 7.05 Å². The van der Waals surface area contributed by atoms with Gasteiger partial charge >= 0.3 is 0 Å². The second-order valence-corrected chi connectivity index (χ2v) is 9.20. The number of hydrogen-bond donors (Lipinski definition) is 3. The fraction of sp³-hybridized carbons (Fsp3) is 0.227. The summed E-state index contributed by atoms with van der Waals surface area (Å²) >= 11 is 14.1. The molecule has 2 aliphatic heterocycles. The molecule has 0 saturated heterocycles. The summed E-state index contributed by atoms with van der Waals surface area (Å²) in [6.45, 7) is 1.80. The molecule has 32 heavy (non-hydrogen) atoms. The molecule has 3 aromatic rings. The van der Waals surface area contributed by atoms with Gasteiger partial charge in [-0.1, -0.05) is 41.0 Å². The molecule has 1 aromatic heterocycles. The van der Waals surface area contributed by atoms with Crippen LogP contribution in [0.5, 0.6) is 0 Å². The van der Waals surface area contributed by atoms with E-state index in [4.69, 9.17) is 23.2 Å². The molecule has 0 saturated carbocycles. The standard InChI is InChI=1S/C22H20Cl2N6OS/c1-25-18-8-13(7-12-9-26-6-5-14(12)18)28-22-27-10-15-20(29-22)32-11-30(21(15)31)19-16(23)3-2-4-17(19)24/h2-4,7-8,10,25-26H,5-6,9,11H2,1H3,(H,27,28,29). The Kier molecular flexibility index (Phi) is 5.86. The van der Waals surface area contributed by atoms with Gasteiger partial charge in [0.25, 0.3) is 5.91 Å². The molecule has 2 aliphatic rings. The Bertz CT molecular complexity index is 1180. The maximum absolute atomic E-state index is 13.1. The number of nitrogens with one attached hydrogen (secondary N) is 3. The summed E-state index contributed by atoms with van der Waals surface area (Å²) in [5, 5.41) is 11.4. The first kappa shape index (κ1) is 21.3. The van der Waals surface area contributed by atoms with E-state index in [0.29, 0.717) is 38.1 Å². The lowest BCUT2D eigenvalue weighted by atomic mass is 9.98. The quantitative estimate of drug-likeness (QED) is 0.451. The number of rotatable bonds is 4. The molecule has 2 aromatic carbocycles. The minimum Gasteiger partial charge on any atom is -0.388 e. The third kappa shape index (κ3) is 3.88. The maximum atomic E-state index is 13.1. The third-order valence-electron chi connectivity index (χ3n) is 5.50. The topological polar surface area (TPSA) is 82.2 Å². The number of anilines is 4. The molecule has 10 heteroatoms. The predicted molar refractivity (Wildman–Crippen MR) is 131 cm³/mol. The lowest BCUT2D eigenvalue weighted by molar-refractivity contribution is 0.0985. The molecule has 3 N–H and O–H groups in total. The molecule has 7 nitrogen and oxygen atoms in total. The van der Waals surface area contributed by atoms with Crippen molar-refractivity contribution in [1.82, 2.24) is 15.3 Å². The Hall–Kier alpha value is -2.52. The number of nitrogens with zero attached hydrogens (tertiary/aromatic N) is 3. The summed E-state index contributed by atoms with van der Waals surface area (Å²) in [6, 6.07) is 9.36. The summed E-state index contributed by atoms with van der Waals surface area (Å²) in [5.74, 6) is 0.580. The highest BCUT2D eigenvalue weighted by atomic mass is 35.5. The molecule has 5 rings (SSSR count). The molecule has 0 unspecified atom stereocenters. The smallest absolute Gasteiger partial charge is 0.263 e. The van der Waals surface area contributed by atoms with Gasteiger partial charge in [-0.05, 0) is 48.4 Å². The zero-order valence-electron chi connectivity index (χ0n) is 17.2. The van der Waals surface area contributed by atoms with Gasteiger partial charge in [-0.3, -0.25) is 9.69 Å². The van der Waals surface area contributed by atoms with Crippen molar-refractivity contribution in [3.63, 3.8) is 0 Å². The molecule has 3 heterocycles. The first-order chi connectivity index (χ1) is 15.5. The highest BCUT2D eigenvalue weighted by Gasteiger charge is 2.30. The molecule has 0 fully saturated rings. The van der Waals surface area contributed by atoms with E-state index in [9.17, 15) is 4.79 Å². The van der Waals surface area contributed by atoms with Gasteiger partial charge in [0.15, 0.2) is 0 Å². The second-order valence-electron chi connectivity index (χ2n) is 7.45. The van der Waals surface area contributed by atoms with Crippen molar-refractivity contribution in [2.45, 2.75) is 18.0 Å². The Morgan fingerprint density at radius 3 is 2.81 bits per heavy atom. The predicted octanol–water partition coefficient (Wildman–Crippen LogP) is 4.92. The summed E-state index contributed by atoms with van der Waals surface area (Å²) in [6.07, 6.45) is 2.54. The number of thioether (sulfide) groups is 1. The first-order valence-electron chi connectivity index (χ1n) is 10.1. The SMILES string of the molecule is CNc1cc(Nc2ncc3c(n2)SCN(c2c(Cl)cccc2Cl)C3=O)cc2c1CCNC2. The van der Waals surface area contributed by atoms with Crippen LogP contribution in [0, 0.1) is 0 Å². The molecule has 164 valence electrons. The van der Waals surface area contributed by atoms with Gasteiger partial charge in [-0.15, -0.1) is 0 Å². The van der Waals surface area contributed by atoms with Gasteiger partial charge < -0.3 is 16.0 Å². The Morgan fingerprint density at radius 1 is 1.22 bits per heavy atom. The van der Waals surface area contributed by atoms with E-state index in [2.05, 4.69) is 38.1 Å². The summed E-state index contributed by atoms with van der Waals surface area (Å²) in [5.41, 5.74) is 5.51. The molecule has 0 radical (unpaired) electrons. The van der Waals surface area contributed by atoms with Gasteiger partial charge in [-0.2, -0.15) is 0 Å². The number of benzene rings is 2. The fourth-order valence-corrected chi connectivity index (χ4v) is 5.52. The normalized spacial score (nSPS) is 15.2. The summed E-state index contributed by atoms with van der Waals surface area (Å²) in [7, 11) is 1.93. The molecule has 0 aliphatic carbocycles. The number of halogens is 2. The first-order valence-corrected chi connectivity index (χ1v) is 11.9. The molecule has 0 atom stereocenters. The van der Waals surface area contributed by atoms with E-state index in [0.717, 1.165) is 30.9 Å². The van der Waals surface area contributed by atoms with Crippen molar-refractivity contribution in [2.75, 3.05) is 35.0 Å². The number of fused-ring (bicyclic) bond motifs is 2. The van der Waals surface area contributed by atoms with Gasteiger partial charge in [0.05, 0.1) is 27.2 Å². The van der Waals surface area contributed by atoms with Crippen molar-refractivity contribution in [2.24, 2.45) is 0 Å². The van der Waals surface area contributed by atoms with Crippen LogP contribution in [0.4, 0.5) is 23.0 Å². The van der Waals surface area contributed by atoms with Gasteiger partial charge in [0.1, 0.15) is 5.03 Å². The van der Waals surface area contributed by atoms with E-state index < -0.39 is 0 Å². The second kappa shape index (κ2) is 8.78. The molecule has 0 spiro atoms. The van der Waals surface area contributed by atoms with Gasteiger partial charge in [-0.25, -0.2) is 9.97 Å². The molecular formula is C22H20Cl2N6OS. The zero-order valence-corrected chi connectivity index (χ0v) is 19.5. The van der Waals surface area contributed by atoms with E-state index >= 15 is 0 Å². The van der Waals surface area contributed by atoms with Crippen LogP contribution in [-0.4, -0.2) is 35.3 Å². The van der Waals surface area contributed by atoms with E-state index in [1.165, 1.54) is 22.9 Å². The number of hydrogen-bond acceptors (Lipinski definition) is 7. The van der Waals surface area contributed by atoms with Crippen molar-refractivity contribution < 1.29 is 4.79 Å². The van der Waals surface area contributed by atoms with E-state index in [-0.39, 0.29) is 5.91 Å². The van der Waals surface area contributed by atoms with Crippen LogP contribution in [-0.2, 0) is 13.0 Å². The average Bonchev–Trinajstić information content (AvgIpc) is 2.80. The van der Waals surface area contributed by atoms with Crippen molar-refractivity contribution in [3.05, 3.63) is 63.3 Å². The van der Waals surface area contributed by atoms with Crippen LogP contribution < -0.4 is 20.9 Å². The highest BCUT2D eigenvalue weighted by Crippen LogP contribution is 2.39. The van der Waals surface area contributed by atoms with Crippen molar-refractivity contribution in [3.8, 4) is 0 Å². The summed E-state index contributed by atoms with van der Waals surface area (Å²) < 4.78 is 0. The van der Waals surface area contributed by atoms with Crippen LogP contribution >= 0.6 is 35.0 Å². The number of amides is 1. The van der Waals surface area contributed by atoms with Crippen LogP contribution in [0.25, 0.3) is 0 Å². The molecule has 0 bridgehead atoms. The highest BCUT2D eigenvalue weighted by molar-refractivity contribution is 7.99. The third-order valence-corrected chi connectivity index (χ3v) is 7.08. The number of para-hydroxylation sites is 1. The van der Waals surface area contributed by atoms with Gasteiger partial charge in [0, 0.05) is 31.2 Å². The van der Waals surface area contributed by atoms with Gasteiger partial charge in [0.2, 0.25) is 5.95 Å². The van der Waals surface area contributed by atoms with Crippen LogP contribution in [0.2, 0.25) is 10.0 Å². The largest absolute Gasteiger partial charge is 0.388 e. The lowest BCUT2D eigenvalue weighted by Crippen LogP contribution is -2.35. The Balaban J connectivity index is 1.42. The maximum Gasteiger partial charge on any atom is 0.263 e. The number of carbonyl (C=O) groups is 1. The Labute approximate surface area is 199 Å². The number of carbonyl (C=O) groups excluding carboxylic acids is 1. The van der Waals surface area contributed by atoms with Crippen LogP contribution in [0.1, 0.15) is 21.5 Å². The number of aromatic nitrogens is 2. The molecular weight excluding hydrogens is 467 g/mol. The van der Waals surface area contributed by atoms with Crippen LogP contribution in [0.3, 0.4) is 0 Å². The monoisotopic (exact) mass is 486 g/mol. The van der Waals surface area contributed by atoms with Crippen molar-refractivity contribution in [1.29, 1.82) is 0 Å². The van der Waals surface area contributed by atoms with E-state index in [1.54, 1.807) is 29.3 Å². The van der Waals surface area contributed by atoms with Crippen LogP contribution in [0.15, 0.2) is 41.6 Å². The minimum absolute atomic E-state index is 0.224. The Morgan fingerprint density at radius 2 is 2.03 bits per heavy atom. The average molecular weight is 487 g/mol. The molecule has 1 amide bonds. The summed E-state index contributed by atoms with van der Waals surface area (Å²) in [4.78, 5) is 23.7. The fourth-order valence-electron chi connectivity index (χ4n) is 3.97. The minimum atomic E-state index is -0.224. The van der Waals surface area contributed by atoms with Crippen molar-refractivity contribution >= 4 is 63.9 Å². The lowest BCUT2D eigenvalue weighted by Gasteiger charge is -2.28.